The highest BCUT2D eigenvalue weighted by Crippen LogP contribution is 2.06. The van der Waals surface area contributed by atoms with E-state index in [4.69, 9.17) is 5.73 Å². The third-order valence-corrected chi connectivity index (χ3v) is 1.48. The summed E-state index contributed by atoms with van der Waals surface area (Å²) in [4.78, 5) is 2.13. The summed E-state index contributed by atoms with van der Waals surface area (Å²) in [5.74, 6) is 0. The maximum atomic E-state index is 5.54. The van der Waals surface area contributed by atoms with Gasteiger partial charge in [-0.05, 0) is 31.8 Å². The van der Waals surface area contributed by atoms with Crippen molar-refractivity contribution in [2.45, 2.75) is 27.8 Å². The van der Waals surface area contributed by atoms with Crippen LogP contribution in [0.15, 0.2) is 24.3 Å². The molecule has 0 bridgehead atoms. The molecule has 2 heteroatoms. The number of nitrogens with zero attached hydrogens (tertiary/aromatic N) is 1. The van der Waals surface area contributed by atoms with Crippen LogP contribution in [0.1, 0.15) is 26.8 Å². The summed E-state index contributed by atoms with van der Waals surface area (Å²) in [6, 6.07) is 7.96. The lowest BCUT2D eigenvalue weighted by Crippen LogP contribution is -2.10. The van der Waals surface area contributed by atoms with Gasteiger partial charge in [0.2, 0.25) is 0 Å². The molecule has 1 aromatic carbocycles. The van der Waals surface area contributed by atoms with E-state index in [1.807, 2.05) is 26.0 Å². The van der Waals surface area contributed by atoms with Gasteiger partial charge >= 0.3 is 0 Å². The molecule has 14 heavy (non-hydrogen) atoms. The molecule has 0 heterocycles. The lowest BCUT2D eigenvalue weighted by atomic mass is 10.2. The summed E-state index contributed by atoms with van der Waals surface area (Å²) in [5, 5.41) is 0. The highest BCUT2D eigenvalue weighted by molar-refractivity contribution is 5.39. The maximum absolute atomic E-state index is 5.54. The fourth-order valence-electron chi connectivity index (χ4n) is 0.988. The lowest BCUT2D eigenvalue weighted by molar-refractivity contribution is 0.402. The van der Waals surface area contributed by atoms with Crippen molar-refractivity contribution >= 4 is 5.69 Å². The third kappa shape index (κ3) is 6.49. The second kappa shape index (κ2) is 8.57. The molecular weight excluding hydrogens is 172 g/mol. The maximum Gasteiger partial charge on any atom is 0.0314 e. The molecular formula is C12H24N2. The van der Waals surface area contributed by atoms with Crippen molar-refractivity contribution in [1.29, 1.82) is 0 Å². The number of rotatable bonds is 2. The van der Waals surface area contributed by atoms with Crippen LogP contribution >= 0.6 is 0 Å². The number of hydrogen-bond donors (Lipinski definition) is 1. The average molecular weight is 196 g/mol. The van der Waals surface area contributed by atoms with Crippen molar-refractivity contribution in [2.75, 3.05) is 19.8 Å². The Bertz CT molecular complexity index is 214. The Hall–Kier alpha value is -1.02. The Morgan fingerprint density at radius 3 is 1.86 bits per heavy atom. The first kappa shape index (κ1) is 15.5. The predicted octanol–water partition coefficient (Wildman–Crippen LogP) is 2.99. The van der Waals surface area contributed by atoms with Gasteiger partial charge in [-0.25, -0.2) is 0 Å². The van der Waals surface area contributed by atoms with E-state index in [0.717, 1.165) is 12.2 Å². The number of hydrogen-bond acceptors (Lipinski definition) is 2. The van der Waals surface area contributed by atoms with Crippen molar-refractivity contribution in [1.82, 2.24) is 4.90 Å². The average Bonchev–Trinajstić information content (AvgIpc) is 2.12. The fourth-order valence-corrected chi connectivity index (χ4v) is 0.988. The van der Waals surface area contributed by atoms with Crippen LogP contribution in [0.25, 0.3) is 0 Å². The van der Waals surface area contributed by atoms with Crippen molar-refractivity contribution in [2.24, 2.45) is 0 Å². The molecule has 0 aromatic heterocycles. The van der Waals surface area contributed by atoms with Gasteiger partial charge in [0.1, 0.15) is 0 Å². The quantitative estimate of drug-likeness (QED) is 0.737. The number of nitrogens with two attached hydrogens (primary N) is 1. The van der Waals surface area contributed by atoms with E-state index in [1.54, 1.807) is 0 Å². The molecule has 0 atom stereocenters. The zero-order valence-corrected chi connectivity index (χ0v) is 9.04. The Morgan fingerprint density at radius 2 is 1.50 bits per heavy atom. The minimum atomic E-state index is 0. The minimum Gasteiger partial charge on any atom is -0.399 e. The molecule has 2 nitrogen and oxygen atoms in total. The first-order chi connectivity index (χ1) is 6.18. The molecule has 0 amide bonds. The van der Waals surface area contributed by atoms with Gasteiger partial charge in [-0.3, -0.25) is 0 Å². The zero-order chi connectivity index (χ0) is 10.3. The second-order valence-corrected chi connectivity index (χ2v) is 2.98. The first-order valence-corrected chi connectivity index (χ1v) is 4.67. The Balaban J connectivity index is 0. The van der Waals surface area contributed by atoms with E-state index in [2.05, 4.69) is 31.1 Å². The SMILES string of the molecule is C.CC.CN(C)Cc1ccc(N)cc1. The van der Waals surface area contributed by atoms with Gasteiger partial charge < -0.3 is 10.6 Å². The van der Waals surface area contributed by atoms with Crippen LogP contribution in [0.3, 0.4) is 0 Å². The standard InChI is InChI=1S/C9H14N2.C2H6.CH4/c1-11(2)7-8-3-5-9(10)6-4-8;1-2;/h3-6H,7,10H2,1-2H3;1-2H3;1H4. The van der Waals surface area contributed by atoms with Crippen molar-refractivity contribution in [3.8, 4) is 0 Å². The Kier molecular flexibility index (Phi) is 9.46. The van der Waals surface area contributed by atoms with Crippen LogP contribution in [-0.4, -0.2) is 19.0 Å². The Labute approximate surface area is 88.7 Å². The van der Waals surface area contributed by atoms with Crippen LogP contribution in [0.4, 0.5) is 5.69 Å². The number of anilines is 1. The molecule has 1 aromatic rings. The van der Waals surface area contributed by atoms with Crippen LogP contribution in [0.2, 0.25) is 0 Å². The molecule has 0 aliphatic carbocycles. The second-order valence-electron chi connectivity index (χ2n) is 2.98. The van der Waals surface area contributed by atoms with E-state index in [1.165, 1.54) is 5.56 Å². The highest BCUT2D eigenvalue weighted by atomic mass is 15.0. The molecule has 0 aliphatic heterocycles. The summed E-state index contributed by atoms with van der Waals surface area (Å²) < 4.78 is 0. The largest absolute Gasteiger partial charge is 0.399 e. The number of nitrogen functional groups attached to an aromatic ring is 1. The molecule has 82 valence electrons. The van der Waals surface area contributed by atoms with Gasteiger partial charge in [0.25, 0.3) is 0 Å². The van der Waals surface area contributed by atoms with E-state index >= 15 is 0 Å². The summed E-state index contributed by atoms with van der Waals surface area (Å²) >= 11 is 0. The molecule has 0 saturated carbocycles. The smallest absolute Gasteiger partial charge is 0.0314 e. The third-order valence-electron chi connectivity index (χ3n) is 1.48. The van der Waals surface area contributed by atoms with Gasteiger partial charge in [-0.2, -0.15) is 0 Å². The molecule has 0 spiro atoms. The topological polar surface area (TPSA) is 29.3 Å². The zero-order valence-electron chi connectivity index (χ0n) is 9.04. The normalized spacial score (nSPS) is 8.64. The van der Waals surface area contributed by atoms with E-state index < -0.39 is 0 Å². The summed E-state index contributed by atoms with van der Waals surface area (Å²) in [6.07, 6.45) is 0. The van der Waals surface area contributed by atoms with E-state index in [0.29, 0.717) is 0 Å². The molecule has 1 rings (SSSR count). The molecule has 0 fully saturated rings. The van der Waals surface area contributed by atoms with E-state index in [-0.39, 0.29) is 7.43 Å². The molecule has 2 N–H and O–H groups in total. The van der Waals surface area contributed by atoms with Crippen molar-refractivity contribution < 1.29 is 0 Å². The van der Waals surface area contributed by atoms with Gasteiger partial charge in [0.15, 0.2) is 0 Å². The molecule has 0 saturated heterocycles. The van der Waals surface area contributed by atoms with Gasteiger partial charge in [-0.1, -0.05) is 33.4 Å². The van der Waals surface area contributed by atoms with Crippen LogP contribution in [-0.2, 0) is 6.54 Å². The van der Waals surface area contributed by atoms with Gasteiger partial charge in [-0.15, -0.1) is 0 Å². The van der Waals surface area contributed by atoms with Gasteiger partial charge in [0, 0.05) is 12.2 Å². The lowest BCUT2D eigenvalue weighted by Gasteiger charge is -2.08. The molecule has 0 unspecified atom stereocenters. The summed E-state index contributed by atoms with van der Waals surface area (Å²) in [7, 11) is 4.10. The number of benzene rings is 1. The predicted molar refractivity (Wildman–Crippen MR) is 66.3 cm³/mol. The minimum absolute atomic E-state index is 0. The first-order valence-electron chi connectivity index (χ1n) is 4.67. The van der Waals surface area contributed by atoms with Crippen molar-refractivity contribution in [3.63, 3.8) is 0 Å². The summed E-state index contributed by atoms with van der Waals surface area (Å²) in [5.41, 5.74) is 7.67. The summed E-state index contributed by atoms with van der Waals surface area (Å²) in [6.45, 7) is 4.97. The monoisotopic (exact) mass is 196 g/mol. The van der Waals surface area contributed by atoms with Gasteiger partial charge in [0.05, 0.1) is 0 Å². The molecule has 0 radical (unpaired) electrons. The fraction of sp³-hybridized carbons (Fsp3) is 0.500. The van der Waals surface area contributed by atoms with Crippen LogP contribution in [0.5, 0.6) is 0 Å². The van der Waals surface area contributed by atoms with Crippen LogP contribution in [0, 0.1) is 0 Å². The van der Waals surface area contributed by atoms with E-state index in [9.17, 15) is 0 Å². The Morgan fingerprint density at radius 1 is 1.07 bits per heavy atom. The molecule has 0 aliphatic rings. The van der Waals surface area contributed by atoms with Crippen LogP contribution < -0.4 is 5.73 Å². The van der Waals surface area contributed by atoms with Crippen molar-refractivity contribution in [3.05, 3.63) is 29.8 Å². The highest BCUT2D eigenvalue weighted by Gasteiger charge is 1.92.